The maximum absolute atomic E-state index is 5.36. The van der Waals surface area contributed by atoms with Crippen LogP contribution in [0.1, 0.15) is 13.8 Å². The van der Waals surface area contributed by atoms with E-state index in [1.807, 2.05) is 12.1 Å². The van der Waals surface area contributed by atoms with Gasteiger partial charge >= 0.3 is 0 Å². The molecule has 0 unspecified atom stereocenters. The molecule has 0 spiro atoms. The molecule has 0 fully saturated rings. The minimum Gasteiger partial charge on any atom is -0.383 e. The summed E-state index contributed by atoms with van der Waals surface area (Å²) in [6.07, 6.45) is 1.75. The van der Waals surface area contributed by atoms with E-state index >= 15 is 0 Å². The van der Waals surface area contributed by atoms with Gasteiger partial charge in [-0.2, -0.15) is 0 Å². The van der Waals surface area contributed by atoms with E-state index < -0.39 is 0 Å². The van der Waals surface area contributed by atoms with Crippen LogP contribution in [-0.4, -0.2) is 31.8 Å². The van der Waals surface area contributed by atoms with Crippen LogP contribution in [0.5, 0.6) is 0 Å². The number of hydrazine groups is 1. The predicted octanol–water partition coefficient (Wildman–Crippen LogP) is 1.48. The molecule has 1 aromatic rings. The first-order valence-corrected chi connectivity index (χ1v) is 5.84. The van der Waals surface area contributed by atoms with Gasteiger partial charge < -0.3 is 15.1 Å². The van der Waals surface area contributed by atoms with Crippen LogP contribution < -0.4 is 16.2 Å². The minimum absolute atomic E-state index is 0.592. The molecule has 0 aliphatic rings. The van der Waals surface area contributed by atoms with Crippen LogP contribution in [0.15, 0.2) is 18.3 Å². The number of methoxy groups -OCH3 is 1. The summed E-state index contributed by atoms with van der Waals surface area (Å²) in [5, 5.41) is 0. The molecule has 0 saturated carbocycles. The van der Waals surface area contributed by atoms with Crippen molar-refractivity contribution in [1.82, 2.24) is 4.98 Å². The molecule has 0 aliphatic heterocycles. The highest BCUT2D eigenvalue weighted by atomic mass is 16.5. The van der Waals surface area contributed by atoms with Crippen LogP contribution in [0.3, 0.4) is 0 Å². The average molecular weight is 238 g/mol. The standard InChI is InChI=1S/C12H22N4O/c1-10(2)9-16(6-7-17-3)11-4-5-14-12(8-11)15-13/h4-5,8,10H,6-7,9,13H2,1-3H3,(H,14,15). The number of nitrogen functional groups attached to an aromatic ring is 1. The number of nitrogens with two attached hydrogens (primary N) is 1. The Morgan fingerprint density at radius 2 is 2.29 bits per heavy atom. The summed E-state index contributed by atoms with van der Waals surface area (Å²) in [5.74, 6) is 6.63. The number of rotatable bonds is 7. The van der Waals surface area contributed by atoms with Crippen molar-refractivity contribution in [1.29, 1.82) is 0 Å². The van der Waals surface area contributed by atoms with Crippen LogP contribution in [0, 0.1) is 5.92 Å². The number of aromatic nitrogens is 1. The Labute approximate surface area is 103 Å². The summed E-state index contributed by atoms with van der Waals surface area (Å²) < 4.78 is 5.13. The third-order valence-corrected chi connectivity index (χ3v) is 2.41. The molecule has 1 rings (SSSR count). The summed E-state index contributed by atoms with van der Waals surface area (Å²) in [6, 6.07) is 3.93. The highest BCUT2D eigenvalue weighted by Gasteiger charge is 2.09. The molecule has 0 aliphatic carbocycles. The number of pyridine rings is 1. The first-order valence-electron chi connectivity index (χ1n) is 5.84. The maximum Gasteiger partial charge on any atom is 0.141 e. The number of ether oxygens (including phenoxy) is 1. The molecule has 0 amide bonds. The van der Waals surface area contributed by atoms with E-state index in [-0.39, 0.29) is 0 Å². The van der Waals surface area contributed by atoms with E-state index in [1.165, 1.54) is 0 Å². The van der Waals surface area contributed by atoms with Gasteiger partial charge in [-0.25, -0.2) is 10.8 Å². The molecular formula is C12H22N4O. The van der Waals surface area contributed by atoms with Crippen molar-refractivity contribution in [3.05, 3.63) is 18.3 Å². The minimum atomic E-state index is 0.592. The van der Waals surface area contributed by atoms with Crippen LogP contribution in [0.2, 0.25) is 0 Å². The zero-order valence-corrected chi connectivity index (χ0v) is 10.8. The van der Waals surface area contributed by atoms with Crippen molar-refractivity contribution in [2.75, 3.05) is 37.1 Å². The molecule has 5 nitrogen and oxygen atoms in total. The lowest BCUT2D eigenvalue weighted by atomic mass is 10.2. The van der Waals surface area contributed by atoms with Gasteiger partial charge in [0.1, 0.15) is 5.82 Å². The van der Waals surface area contributed by atoms with E-state index in [0.717, 1.165) is 18.8 Å². The lowest BCUT2D eigenvalue weighted by Gasteiger charge is -2.26. The van der Waals surface area contributed by atoms with Gasteiger partial charge in [-0.05, 0) is 12.0 Å². The van der Waals surface area contributed by atoms with Crippen LogP contribution >= 0.6 is 0 Å². The van der Waals surface area contributed by atoms with Gasteiger partial charge in [0, 0.05) is 38.1 Å². The molecule has 0 radical (unpaired) electrons. The fourth-order valence-corrected chi connectivity index (χ4v) is 1.66. The van der Waals surface area contributed by atoms with Gasteiger partial charge in [0.05, 0.1) is 6.61 Å². The molecule has 1 aromatic heterocycles. The zero-order valence-electron chi connectivity index (χ0n) is 10.8. The van der Waals surface area contributed by atoms with Crippen molar-refractivity contribution < 1.29 is 4.74 Å². The quantitative estimate of drug-likeness (QED) is 0.556. The fraction of sp³-hybridized carbons (Fsp3) is 0.583. The first kappa shape index (κ1) is 13.7. The van der Waals surface area contributed by atoms with Crippen molar-refractivity contribution in [2.24, 2.45) is 11.8 Å². The smallest absolute Gasteiger partial charge is 0.141 e. The third kappa shape index (κ3) is 4.58. The second kappa shape index (κ2) is 7.09. The maximum atomic E-state index is 5.36. The lowest BCUT2D eigenvalue weighted by molar-refractivity contribution is 0.204. The molecule has 5 heteroatoms. The molecule has 0 atom stereocenters. The van der Waals surface area contributed by atoms with E-state index in [9.17, 15) is 0 Å². The Kier molecular flexibility index (Phi) is 5.72. The zero-order chi connectivity index (χ0) is 12.7. The second-order valence-corrected chi connectivity index (χ2v) is 4.38. The fourth-order valence-electron chi connectivity index (χ4n) is 1.66. The predicted molar refractivity (Wildman–Crippen MR) is 71.0 cm³/mol. The largest absolute Gasteiger partial charge is 0.383 e. The summed E-state index contributed by atoms with van der Waals surface area (Å²) in [7, 11) is 1.72. The summed E-state index contributed by atoms with van der Waals surface area (Å²) in [4.78, 5) is 6.38. The Balaban J connectivity index is 2.78. The first-order chi connectivity index (χ1) is 8.17. The summed E-state index contributed by atoms with van der Waals surface area (Å²) in [6.45, 7) is 6.95. The Morgan fingerprint density at radius 3 is 2.88 bits per heavy atom. The topological polar surface area (TPSA) is 63.4 Å². The molecule has 0 bridgehead atoms. The van der Waals surface area contributed by atoms with E-state index in [1.54, 1.807) is 13.3 Å². The monoisotopic (exact) mass is 238 g/mol. The SMILES string of the molecule is COCCN(CC(C)C)c1ccnc(NN)c1. The highest BCUT2D eigenvalue weighted by molar-refractivity contribution is 5.53. The van der Waals surface area contributed by atoms with E-state index in [2.05, 4.69) is 29.2 Å². The van der Waals surface area contributed by atoms with Crippen molar-refractivity contribution >= 4 is 11.5 Å². The average Bonchev–Trinajstić information content (AvgIpc) is 2.34. The second-order valence-electron chi connectivity index (χ2n) is 4.38. The Hall–Kier alpha value is -1.33. The summed E-state index contributed by atoms with van der Waals surface area (Å²) >= 11 is 0. The van der Waals surface area contributed by atoms with Gasteiger partial charge in [0.15, 0.2) is 0 Å². The number of nitrogens with one attached hydrogen (secondary N) is 1. The van der Waals surface area contributed by atoms with Gasteiger partial charge in [0.25, 0.3) is 0 Å². The molecule has 3 N–H and O–H groups in total. The number of nitrogens with zero attached hydrogens (tertiary/aromatic N) is 2. The van der Waals surface area contributed by atoms with Crippen LogP contribution in [0.25, 0.3) is 0 Å². The van der Waals surface area contributed by atoms with Crippen LogP contribution in [0.4, 0.5) is 11.5 Å². The third-order valence-electron chi connectivity index (χ3n) is 2.41. The van der Waals surface area contributed by atoms with Crippen LogP contribution in [-0.2, 0) is 4.74 Å². The molecule has 0 aromatic carbocycles. The van der Waals surface area contributed by atoms with Gasteiger partial charge in [0.2, 0.25) is 0 Å². The number of hydrogen-bond donors (Lipinski definition) is 2. The molecule has 1 heterocycles. The Bertz CT molecular complexity index is 330. The summed E-state index contributed by atoms with van der Waals surface area (Å²) in [5.41, 5.74) is 3.67. The molecule has 0 saturated heterocycles. The van der Waals surface area contributed by atoms with Gasteiger partial charge in [-0.3, -0.25) is 0 Å². The highest BCUT2D eigenvalue weighted by Crippen LogP contribution is 2.17. The van der Waals surface area contributed by atoms with Crippen molar-refractivity contribution in [2.45, 2.75) is 13.8 Å². The Morgan fingerprint density at radius 1 is 1.53 bits per heavy atom. The molecule has 17 heavy (non-hydrogen) atoms. The molecule has 96 valence electrons. The number of anilines is 2. The normalized spacial score (nSPS) is 10.6. The van der Waals surface area contributed by atoms with Gasteiger partial charge in [-0.15, -0.1) is 0 Å². The molecular weight excluding hydrogens is 216 g/mol. The lowest BCUT2D eigenvalue weighted by Crippen LogP contribution is -2.31. The van der Waals surface area contributed by atoms with Crippen molar-refractivity contribution in [3.8, 4) is 0 Å². The van der Waals surface area contributed by atoms with Crippen molar-refractivity contribution in [3.63, 3.8) is 0 Å². The van der Waals surface area contributed by atoms with Gasteiger partial charge in [-0.1, -0.05) is 13.8 Å². The van der Waals surface area contributed by atoms with E-state index in [4.69, 9.17) is 10.6 Å². The van der Waals surface area contributed by atoms with E-state index in [0.29, 0.717) is 18.3 Å². The number of hydrogen-bond acceptors (Lipinski definition) is 5.